The van der Waals surface area contributed by atoms with Crippen LogP contribution in [0.1, 0.15) is 34.8 Å². The van der Waals surface area contributed by atoms with Crippen LogP contribution in [0.15, 0.2) is 54.7 Å². The molecule has 1 amide bonds. The molecule has 2 aromatic carbocycles. The van der Waals surface area contributed by atoms with E-state index in [1.54, 1.807) is 12.3 Å². The minimum Gasteiger partial charge on any atom is -0.357 e. The highest BCUT2D eigenvalue weighted by Gasteiger charge is 2.25. The highest BCUT2D eigenvalue weighted by Crippen LogP contribution is 2.44. The van der Waals surface area contributed by atoms with E-state index in [4.69, 9.17) is 0 Å². The summed E-state index contributed by atoms with van der Waals surface area (Å²) in [5, 5.41) is 5.37. The lowest BCUT2D eigenvalue weighted by molar-refractivity contribution is 0.102. The lowest BCUT2D eigenvalue weighted by atomic mass is 9.99. The van der Waals surface area contributed by atoms with Gasteiger partial charge in [-0.3, -0.25) is 4.79 Å². The third kappa shape index (κ3) is 2.21. The number of carbonyl (C=O) groups excluding carboxylic acids is 1. The number of fused-ring (bicyclic) bond motifs is 1. The SMILES string of the molecule is O=C(Nc1ccc(C2CC2)c2ccccc12)c1ccc[nH]1. The molecule has 0 radical (unpaired) electrons. The summed E-state index contributed by atoms with van der Waals surface area (Å²) in [6.45, 7) is 0. The molecule has 3 nitrogen and oxygen atoms in total. The van der Waals surface area contributed by atoms with Crippen LogP contribution in [0.5, 0.6) is 0 Å². The molecule has 1 aliphatic rings. The van der Waals surface area contributed by atoms with Gasteiger partial charge < -0.3 is 10.3 Å². The maximum atomic E-state index is 12.2. The molecule has 1 aliphatic carbocycles. The molecule has 2 N–H and O–H groups in total. The number of hydrogen-bond acceptors (Lipinski definition) is 1. The number of anilines is 1. The molecule has 1 heterocycles. The zero-order valence-corrected chi connectivity index (χ0v) is 11.6. The fourth-order valence-electron chi connectivity index (χ4n) is 2.84. The summed E-state index contributed by atoms with van der Waals surface area (Å²) in [6.07, 6.45) is 4.31. The van der Waals surface area contributed by atoms with Crippen molar-refractivity contribution in [1.82, 2.24) is 4.98 Å². The fraction of sp³-hybridized carbons (Fsp3) is 0.167. The number of H-pyrrole nitrogens is 1. The Kier molecular flexibility index (Phi) is 2.78. The monoisotopic (exact) mass is 276 g/mol. The van der Waals surface area contributed by atoms with E-state index in [9.17, 15) is 4.79 Å². The van der Waals surface area contributed by atoms with Gasteiger partial charge in [0.2, 0.25) is 0 Å². The number of aromatic nitrogens is 1. The van der Waals surface area contributed by atoms with Gasteiger partial charge in [-0.15, -0.1) is 0 Å². The van der Waals surface area contributed by atoms with Crippen molar-refractivity contribution < 1.29 is 4.79 Å². The van der Waals surface area contributed by atoms with Gasteiger partial charge in [0, 0.05) is 17.3 Å². The van der Waals surface area contributed by atoms with Crippen LogP contribution in [0, 0.1) is 0 Å². The van der Waals surface area contributed by atoms with Gasteiger partial charge in [-0.05, 0) is 47.9 Å². The fourth-order valence-corrected chi connectivity index (χ4v) is 2.84. The molecule has 3 heteroatoms. The predicted octanol–water partition coefficient (Wildman–Crippen LogP) is 4.30. The Morgan fingerprint density at radius 1 is 1.00 bits per heavy atom. The molecule has 0 atom stereocenters. The van der Waals surface area contributed by atoms with Crippen molar-refractivity contribution in [2.75, 3.05) is 5.32 Å². The van der Waals surface area contributed by atoms with E-state index >= 15 is 0 Å². The van der Waals surface area contributed by atoms with E-state index in [-0.39, 0.29) is 5.91 Å². The molecular formula is C18H16N2O. The van der Waals surface area contributed by atoms with E-state index in [1.165, 1.54) is 23.8 Å². The van der Waals surface area contributed by atoms with E-state index in [1.807, 2.05) is 18.2 Å². The predicted molar refractivity (Wildman–Crippen MR) is 84.7 cm³/mol. The largest absolute Gasteiger partial charge is 0.357 e. The highest BCUT2D eigenvalue weighted by molar-refractivity contribution is 6.08. The van der Waals surface area contributed by atoms with Crippen LogP contribution in [0.2, 0.25) is 0 Å². The number of benzene rings is 2. The van der Waals surface area contributed by atoms with Crippen LogP contribution < -0.4 is 5.32 Å². The van der Waals surface area contributed by atoms with Crippen molar-refractivity contribution in [2.45, 2.75) is 18.8 Å². The minimum atomic E-state index is -0.107. The van der Waals surface area contributed by atoms with Gasteiger partial charge in [0.1, 0.15) is 5.69 Å². The molecule has 4 rings (SSSR count). The van der Waals surface area contributed by atoms with Crippen molar-refractivity contribution in [3.05, 3.63) is 66.0 Å². The zero-order chi connectivity index (χ0) is 14.2. The first-order valence-electron chi connectivity index (χ1n) is 7.29. The number of nitrogens with one attached hydrogen (secondary N) is 2. The molecule has 1 saturated carbocycles. The smallest absolute Gasteiger partial charge is 0.272 e. The lowest BCUT2D eigenvalue weighted by Crippen LogP contribution is -2.12. The summed E-state index contributed by atoms with van der Waals surface area (Å²) < 4.78 is 0. The summed E-state index contributed by atoms with van der Waals surface area (Å²) in [6, 6.07) is 16.1. The van der Waals surface area contributed by atoms with E-state index in [0.29, 0.717) is 11.6 Å². The summed E-state index contributed by atoms with van der Waals surface area (Å²) in [7, 11) is 0. The topological polar surface area (TPSA) is 44.9 Å². The van der Waals surface area contributed by atoms with Gasteiger partial charge in [0.25, 0.3) is 5.91 Å². The van der Waals surface area contributed by atoms with Crippen LogP contribution in [0.25, 0.3) is 10.8 Å². The molecule has 21 heavy (non-hydrogen) atoms. The Balaban J connectivity index is 1.75. The Morgan fingerprint density at radius 3 is 2.52 bits per heavy atom. The Hall–Kier alpha value is -2.55. The molecule has 0 aliphatic heterocycles. The summed E-state index contributed by atoms with van der Waals surface area (Å²) in [4.78, 5) is 15.1. The second kappa shape index (κ2) is 4.77. The van der Waals surface area contributed by atoms with Gasteiger partial charge in [-0.1, -0.05) is 30.3 Å². The average Bonchev–Trinajstić information content (AvgIpc) is 3.20. The Morgan fingerprint density at radius 2 is 1.81 bits per heavy atom. The van der Waals surface area contributed by atoms with Gasteiger partial charge in [-0.2, -0.15) is 0 Å². The number of hydrogen-bond donors (Lipinski definition) is 2. The Labute approximate surface area is 123 Å². The molecule has 1 aromatic heterocycles. The standard InChI is InChI=1S/C18H16N2O/c21-18(17-6-3-11-19-17)20-16-10-9-13(12-7-8-12)14-4-1-2-5-15(14)16/h1-6,9-12,19H,7-8H2,(H,20,21). The van der Waals surface area contributed by atoms with Crippen molar-refractivity contribution in [3.8, 4) is 0 Å². The van der Waals surface area contributed by atoms with Crippen molar-refractivity contribution >= 4 is 22.4 Å². The molecule has 0 unspecified atom stereocenters. The number of aromatic amines is 1. The van der Waals surface area contributed by atoms with Gasteiger partial charge in [-0.25, -0.2) is 0 Å². The quantitative estimate of drug-likeness (QED) is 0.736. The number of carbonyl (C=O) groups is 1. The van der Waals surface area contributed by atoms with E-state index < -0.39 is 0 Å². The minimum absolute atomic E-state index is 0.107. The van der Waals surface area contributed by atoms with E-state index in [0.717, 1.165) is 11.1 Å². The van der Waals surface area contributed by atoms with Crippen LogP contribution in [-0.4, -0.2) is 10.9 Å². The maximum Gasteiger partial charge on any atom is 0.272 e. The summed E-state index contributed by atoms with van der Waals surface area (Å²) in [5.41, 5.74) is 2.85. The van der Waals surface area contributed by atoms with Crippen LogP contribution in [0.4, 0.5) is 5.69 Å². The second-order valence-electron chi connectivity index (χ2n) is 5.56. The molecule has 0 saturated heterocycles. The molecule has 3 aromatic rings. The van der Waals surface area contributed by atoms with Crippen LogP contribution in [-0.2, 0) is 0 Å². The van der Waals surface area contributed by atoms with E-state index in [2.05, 4.69) is 34.6 Å². The molecule has 1 fully saturated rings. The molecule has 0 bridgehead atoms. The second-order valence-corrected chi connectivity index (χ2v) is 5.56. The molecule has 104 valence electrons. The molecule has 0 spiro atoms. The lowest BCUT2D eigenvalue weighted by Gasteiger charge is -2.11. The van der Waals surface area contributed by atoms with Crippen molar-refractivity contribution in [2.24, 2.45) is 0 Å². The third-order valence-electron chi connectivity index (χ3n) is 4.07. The highest BCUT2D eigenvalue weighted by atomic mass is 16.1. The van der Waals surface area contributed by atoms with Gasteiger partial charge in [0.15, 0.2) is 0 Å². The zero-order valence-electron chi connectivity index (χ0n) is 11.6. The van der Waals surface area contributed by atoms with Crippen LogP contribution >= 0.6 is 0 Å². The summed E-state index contributed by atoms with van der Waals surface area (Å²) in [5.74, 6) is 0.590. The third-order valence-corrected chi connectivity index (χ3v) is 4.07. The van der Waals surface area contributed by atoms with Crippen molar-refractivity contribution in [1.29, 1.82) is 0 Å². The van der Waals surface area contributed by atoms with Crippen LogP contribution in [0.3, 0.4) is 0 Å². The first-order valence-corrected chi connectivity index (χ1v) is 7.29. The molecular weight excluding hydrogens is 260 g/mol. The first-order chi connectivity index (χ1) is 10.3. The number of amides is 1. The normalized spacial score (nSPS) is 14.3. The maximum absolute atomic E-state index is 12.2. The van der Waals surface area contributed by atoms with Crippen molar-refractivity contribution in [3.63, 3.8) is 0 Å². The van der Waals surface area contributed by atoms with Gasteiger partial charge in [0.05, 0.1) is 0 Å². The van der Waals surface area contributed by atoms with Gasteiger partial charge >= 0.3 is 0 Å². The summed E-state index contributed by atoms with van der Waals surface area (Å²) >= 11 is 0. The number of rotatable bonds is 3. The average molecular weight is 276 g/mol. The first kappa shape index (κ1) is 12.2. The Bertz CT molecular complexity index is 801.